The number of ether oxygens (including phenoxy) is 1. The summed E-state index contributed by atoms with van der Waals surface area (Å²) in [6, 6.07) is 12.0. The molecule has 2 aromatic rings. The quantitative estimate of drug-likeness (QED) is 0.488. The molecule has 1 N–H and O–H groups in total. The molecule has 0 aliphatic rings. The molecule has 7 nitrogen and oxygen atoms in total. The predicted molar refractivity (Wildman–Crippen MR) is 116 cm³/mol. The molecule has 0 fully saturated rings. The van der Waals surface area contributed by atoms with Crippen LogP contribution < -0.4 is 5.32 Å². The summed E-state index contributed by atoms with van der Waals surface area (Å²) in [6.07, 6.45) is 1.53. The fraction of sp³-hybridized carbons (Fsp3) is 0.364. The van der Waals surface area contributed by atoms with Gasteiger partial charge in [0, 0.05) is 25.0 Å². The first-order valence-electron chi connectivity index (χ1n) is 9.56. The van der Waals surface area contributed by atoms with Crippen molar-refractivity contribution in [3.8, 4) is 6.07 Å². The molecule has 1 amide bonds. The van der Waals surface area contributed by atoms with Crippen LogP contribution in [0.25, 0.3) is 6.08 Å². The lowest BCUT2D eigenvalue weighted by molar-refractivity contribution is -0.116. The molecule has 1 heterocycles. The number of carbonyl (C=O) groups is 1. The van der Waals surface area contributed by atoms with Crippen molar-refractivity contribution in [3.63, 3.8) is 0 Å². The minimum atomic E-state index is -3.50. The molecule has 2 rings (SSSR count). The smallest absolute Gasteiger partial charge is 0.261 e. The standard InChI is InChI=1S/C22H27N3O4S/c1-16-12-19(18(3)25(16)17(2)15-29-4)13-20(14-23)22(26)24-10-11-30(27,28)21-8-6-5-7-9-21/h5-9,12-13,17H,10-11,15H2,1-4H3,(H,24,26)/b20-13-. The Morgan fingerprint density at radius 1 is 1.30 bits per heavy atom. The number of aromatic nitrogens is 1. The van der Waals surface area contributed by atoms with Crippen LogP contribution in [0.3, 0.4) is 0 Å². The van der Waals surface area contributed by atoms with Gasteiger partial charge in [-0.15, -0.1) is 0 Å². The Morgan fingerprint density at radius 2 is 1.97 bits per heavy atom. The summed E-state index contributed by atoms with van der Waals surface area (Å²) in [4.78, 5) is 12.6. The molecule has 1 aromatic heterocycles. The van der Waals surface area contributed by atoms with Crippen LogP contribution in [-0.2, 0) is 19.4 Å². The first-order chi connectivity index (χ1) is 14.2. The third kappa shape index (κ3) is 5.59. The highest BCUT2D eigenvalue weighted by Crippen LogP contribution is 2.22. The van der Waals surface area contributed by atoms with Crippen LogP contribution in [-0.4, -0.2) is 44.9 Å². The molecule has 0 aliphatic carbocycles. The highest BCUT2D eigenvalue weighted by molar-refractivity contribution is 7.91. The molecule has 1 aromatic carbocycles. The van der Waals surface area contributed by atoms with Crippen LogP contribution in [0.15, 0.2) is 46.9 Å². The zero-order chi connectivity index (χ0) is 22.3. The number of methoxy groups -OCH3 is 1. The Hall–Kier alpha value is -2.89. The van der Waals surface area contributed by atoms with Crippen LogP contribution in [0, 0.1) is 25.2 Å². The Balaban J connectivity index is 2.11. The molecule has 0 aliphatic heterocycles. The zero-order valence-corrected chi connectivity index (χ0v) is 18.5. The Labute approximate surface area is 177 Å². The maximum atomic E-state index is 12.4. The minimum absolute atomic E-state index is 0.0771. The molecule has 8 heteroatoms. The van der Waals surface area contributed by atoms with E-state index in [4.69, 9.17) is 4.74 Å². The number of amides is 1. The molecule has 1 unspecified atom stereocenters. The van der Waals surface area contributed by atoms with E-state index >= 15 is 0 Å². The number of hydrogen-bond acceptors (Lipinski definition) is 5. The van der Waals surface area contributed by atoms with Crippen molar-refractivity contribution in [2.24, 2.45) is 0 Å². The van der Waals surface area contributed by atoms with Crippen LogP contribution >= 0.6 is 0 Å². The molecule has 0 spiro atoms. The highest BCUT2D eigenvalue weighted by atomic mass is 32.2. The lowest BCUT2D eigenvalue weighted by Crippen LogP contribution is -2.30. The van der Waals surface area contributed by atoms with Gasteiger partial charge >= 0.3 is 0 Å². The summed E-state index contributed by atoms with van der Waals surface area (Å²) < 4.78 is 31.9. The Bertz CT molecular complexity index is 1060. The largest absolute Gasteiger partial charge is 0.383 e. The SMILES string of the molecule is COCC(C)n1c(C)cc(/C=C(/C#N)C(=O)NCCS(=O)(=O)c2ccccc2)c1C. The minimum Gasteiger partial charge on any atom is -0.383 e. The number of benzene rings is 1. The Kier molecular flexibility index (Phi) is 7.98. The fourth-order valence-corrected chi connectivity index (χ4v) is 4.56. The zero-order valence-electron chi connectivity index (χ0n) is 17.7. The van der Waals surface area contributed by atoms with Crippen LogP contribution in [0.5, 0.6) is 0 Å². The number of sulfone groups is 1. The van der Waals surface area contributed by atoms with E-state index in [1.165, 1.54) is 18.2 Å². The molecule has 0 radical (unpaired) electrons. The third-order valence-corrected chi connectivity index (χ3v) is 6.53. The summed E-state index contributed by atoms with van der Waals surface area (Å²) in [5.41, 5.74) is 2.60. The average molecular weight is 430 g/mol. The Morgan fingerprint density at radius 3 is 2.57 bits per heavy atom. The average Bonchev–Trinajstić information content (AvgIpc) is 2.99. The molecule has 30 heavy (non-hydrogen) atoms. The maximum Gasteiger partial charge on any atom is 0.261 e. The topological polar surface area (TPSA) is 101 Å². The van der Waals surface area contributed by atoms with Gasteiger partial charge in [0.25, 0.3) is 5.91 Å². The number of hydrogen-bond donors (Lipinski definition) is 1. The van der Waals surface area contributed by atoms with Gasteiger partial charge in [-0.2, -0.15) is 5.26 Å². The summed E-state index contributed by atoms with van der Waals surface area (Å²) in [6.45, 7) is 6.36. The van der Waals surface area contributed by atoms with Gasteiger partial charge in [-0.3, -0.25) is 4.79 Å². The van der Waals surface area contributed by atoms with Gasteiger partial charge in [0.15, 0.2) is 9.84 Å². The second-order valence-corrected chi connectivity index (χ2v) is 9.17. The molecule has 0 bridgehead atoms. The third-order valence-electron chi connectivity index (χ3n) is 4.80. The monoisotopic (exact) mass is 429 g/mol. The lowest BCUT2D eigenvalue weighted by Gasteiger charge is -2.17. The van der Waals surface area contributed by atoms with E-state index in [-0.39, 0.29) is 28.8 Å². The van der Waals surface area contributed by atoms with Crippen molar-refractivity contribution in [1.82, 2.24) is 9.88 Å². The first-order valence-corrected chi connectivity index (χ1v) is 11.2. The van der Waals surface area contributed by atoms with Gasteiger partial charge in [0.1, 0.15) is 11.6 Å². The highest BCUT2D eigenvalue weighted by Gasteiger charge is 2.17. The second kappa shape index (κ2) is 10.2. The molecule has 0 saturated carbocycles. The van der Waals surface area contributed by atoms with Crippen molar-refractivity contribution >= 4 is 21.8 Å². The number of nitrogens with one attached hydrogen (secondary N) is 1. The number of nitriles is 1. The van der Waals surface area contributed by atoms with Crippen molar-refractivity contribution in [3.05, 3.63) is 58.9 Å². The second-order valence-electron chi connectivity index (χ2n) is 7.06. The van der Waals surface area contributed by atoms with E-state index in [9.17, 15) is 18.5 Å². The number of nitrogens with zero attached hydrogens (tertiary/aromatic N) is 2. The number of carbonyl (C=O) groups excluding carboxylic acids is 1. The van der Waals surface area contributed by atoms with E-state index in [0.29, 0.717) is 6.61 Å². The van der Waals surface area contributed by atoms with Gasteiger partial charge in [-0.25, -0.2) is 8.42 Å². The summed E-state index contributed by atoms with van der Waals surface area (Å²) in [7, 11) is -1.86. The van der Waals surface area contributed by atoms with Crippen LogP contribution in [0.1, 0.15) is 29.9 Å². The van der Waals surface area contributed by atoms with E-state index in [0.717, 1.165) is 17.0 Å². The summed E-state index contributed by atoms with van der Waals surface area (Å²) >= 11 is 0. The fourth-order valence-electron chi connectivity index (χ4n) is 3.39. The van der Waals surface area contributed by atoms with E-state index < -0.39 is 15.7 Å². The van der Waals surface area contributed by atoms with Gasteiger partial charge in [0.05, 0.1) is 23.3 Å². The van der Waals surface area contributed by atoms with Crippen LogP contribution in [0.2, 0.25) is 0 Å². The summed E-state index contributed by atoms with van der Waals surface area (Å²) in [5, 5.41) is 12.0. The number of rotatable bonds is 9. The van der Waals surface area contributed by atoms with Crippen molar-refractivity contribution < 1.29 is 17.9 Å². The molecule has 160 valence electrons. The van der Waals surface area contributed by atoms with Gasteiger partial charge in [-0.1, -0.05) is 18.2 Å². The molecular formula is C22H27N3O4S. The van der Waals surface area contributed by atoms with E-state index in [1.54, 1.807) is 25.3 Å². The lowest BCUT2D eigenvalue weighted by atomic mass is 10.1. The normalized spacial score (nSPS) is 13.0. The van der Waals surface area contributed by atoms with Crippen LogP contribution in [0.4, 0.5) is 0 Å². The maximum absolute atomic E-state index is 12.4. The summed E-state index contributed by atoms with van der Waals surface area (Å²) in [5.74, 6) is -0.847. The molecule has 1 atom stereocenters. The predicted octanol–water partition coefficient (Wildman–Crippen LogP) is 2.81. The first kappa shape index (κ1) is 23.4. The van der Waals surface area contributed by atoms with Crippen molar-refractivity contribution in [2.75, 3.05) is 26.0 Å². The van der Waals surface area contributed by atoms with Crippen molar-refractivity contribution in [1.29, 1.82) is 5.26 Å². The van der Waals surface area contributed by atoms with Gasteiger partial charge < -0.3 is 14.6 Å². The molecule has 0 saturated heterocycles. The molecular weight excluding hydrogens is 402 g/mol. The van der Waals surface area contributed by atoms with Crippen molar-refractivity contribution in [2.45, 2.75) is 31.7 Å². The number of aryl methyl sites for hydroxylation is 1. The van der Waals surface area contributed by atoms with Gasteiger partial charge in [0.2, 0.25) is 0 Å². The van der Waals surface area contributed by atoms with Gasteiger partial charge in [-0.05, 0) is 50.6 Å². The van der Waals surface area contributed by atoms with E-state index in [1.807, 2.05) is 32.9 Å². The van der Waals surface area contributed by atoms with E-state index in [2.05, 4.69) is 9.88 Å².